The fourth-order valence-electron chi connectivity index (χ4n) is 8.96. The van der Waals surface area contributed by atoms with E-state index in [1.807, 2.05) is 57.2 Å². The van der Waals surface area contributed by atoms with Gasteiger partial charge in [0.05, 0.1) is 66.3 Å². The molecule has 380 valence electrons. The van der Waals surface area contributed by atoms with Crippen molar-refractivity contribution < 1.29 is 47.6 Å². The van der Waals surface area contributed by atoms with E-state index in [0.717, 1.165) is 46.5 Å². The molecule has 0 radical (unpaired) electrons. The lowest BCUT2D eigenvalue weighted by Gasteiger charge is -2.35. The maximum absolute atomic E-state index is 14.3. The molecule has 3 amide bonds. The van der Waals surface area contributed by atoms with Gasteiger partial charge in [-0.3, -0.25) is 14.4 Å². The Bertz CT molecular complexity index is 2870. The monoisotopic (exact) mass is 1020 g/mol. The molecule has 0 spiro atoms. The van der Waals surface area contributed by atoms with E-state index in [4.69, 9.17) is 35.3 Å². The molecule has 2 aliphatic heterocycles. The first kappa shape index (κ1) is 51.9. The summed E-state index contributed by atoms with van der Waals surface area (Å²) in [6.07, 6.45) is 3.09. The standard InChI is InChI=1S/C53H59ClFN7O9S/c1-32(2)48(62-28-36-10-6-7-11-39(36)52(62)65)53(66)61-29-38(63)24-44(61)51(64)56-27-35-13-12-34(49-33(3)59-31-72-49)22-45(35)70-17-9-5-8-16-68-18-19-69-20-21-71-47-25-40-43(26-46(47)67-4)57-30-58-50(40)60-37-14-15-42(55)41(54)23-37/h6-7,10-15,22-23,25-26,30-32,38,44,48,63H,5,8-9,16-21,24,27-29H2,1-4H3,(H,56,64)(H,57,58,60)/t38-,44+,48+/m1/s1. The van der Waals surface area contributed by atoms with Crippen molar-refractivity contribution in [1.82, 2.24) is 30.1 Å². The smallest absolute Gasteiger partial charge is 0.255 e. The van der Waals surface area contributed by atoms with Crippen molar-refractivity contribution >= 4 is 63.1 Å². The Hall–Kier alpha value is -6.44. The molecule has 8 rings (SSSR count). The summed E-state index contributed by atoms with van der Waals surface area (Å²) in [6.45, 7) is 8.58. The van der Waals surface area contributed by atoms with E-state index in [9.17, 15) is 23.9 Å². The fraction of sp³-hybridized carbons (Fsp3) is 0.396. The predicted octanol–water partition coefficient (Wildman–Crippen LogP) is 8.53. The van der Waals surface area contributed by atoms with Crippen molar-refractivity contribution in [2.75, 3.05) is 58.6 Å². The number of carbonyl (C=O) groups is 3. The molecule has 2 aromatic heterocycles. The van der Waals surface area contributed by atoms with Crippen molar-refractivity contribution in [1.29, 1.82) is 0 Å². The van der Waals surface area contributed by atoms with Crippen LogP contribution < -0.4 is 24.8 Å². The van der Waals surface area contributed by atoms with E-state index in [1.54, 1.807) is 53.1 Å². The number of likely N-dealkylation sites (tertiary alicyclic amines) is 1. The number of hydrogen-bond acceptors (Lipinski definition) is 14. The minimum atomic E-state index is -0.904. The second-order valence-corrected chi connectivity index (χ2v) is 19.2. The van der Waals surface area contributed by atoms with E-state index < -0.39 is 24.0 Å². The van der Waals surface area contributed by atoms with Crippen LogP contribution >= 0.6 is 22.9 Å². The van der Waals surface area contributed by atoms with Gasteiger partial charge in [-0.15, -0.1) is 11.3 Å². The second kappa shape index (κ2) is 24.3. The largest absolute Gasteiger partial charge is 0.493 e. The Morgan fingerprint density at radius 1 is 0.903 bits per heavy atom. The number of anilines is 2. The number of thiazole rings is 1. The number of benzene rings is 4. The summed E-state index contributed by atoms with van der Waals surface area (Å²) in [7, 11) is 1.55. The molecule has 0 aliphatic carbocycles. The predicted molar refractivity (Wildman–Crippen MR) is 272 cm³/mol. The average molecular weight is 1020 g/mol. The number of aliphatic hydroxyl groups excluding tert-OH is 1. The molecule has 3 N–H and O–H groups in total. The molecule has 4 heterocycles. The van der Waals surface area contributed by atoms with E-state index in [-0.39, 0.29) is 54.8 Å². The van der Waals surface area contributed by atoms with Crippen molar-refractivity contribution in [2.24, 2.45) is 5.92 Å². The molecule has 6 aromatic rings. The van der Waals surface area contributed by atoms with E-state index in [2.05, 4.69) is 25.6 Å². The number of carbonyl (C=O) groups excluding carboxylic acids is 3. The first-order chi connectivity index (χ1) is 34.9. The fourth-order valence-corrected chi connectivity index (χ4v) is 9.94. The molecular formula is C53H59ClFN7O9S. The Labute approximate surface area is 426 Å². The van der Waals surface area contributed by atoms with Crippen molar-refractivity contribution in [2.45, 2.75) is 77.7 Å². The zero-order valence-electron chi connectivity index (χ0n) is 40.7. The summed E-state index contributed by atoms with van der Waals surface area (Å²) in [6, 6.07) is 19.4. The lowest BCUT2D eigenvalue weighted by atomic mass is 10.0. The lowest BCUT2D eigenvalue weighted by molar-refractivity contribution is -0.143. The number of unbranched alkanes of at least 4 members (excludes halogenated alkanes) is 2. The number of halogens is 2. The van der Waals surface area contributed by atoms with Gasteiger partial charge in [-0.25, -0.2) is 19.3 Å². The van der Waals surface area contributed by atoms with Gasteiger partial charge in [-0.1, -0.05) is 55.8 Å². The molecule has 3 atom stereocenters. The van der Waals surface area contributed by atoms with Crippen LogP contribution in [-0.2, 0) is 32.2 Å². The summed E-state index contributed by atoms with van der Waals surface area (Å²) in [4.78, 5) is 58.8. The number of nitrogens with zero attached hydrogens (tertiary/aromatic N) is 5. The van der Waals surface area contributed by atoms with Gasteiger partial charge in [0.25, 0.3) is 5.91 Å². The minimum Gasteiger partial charge on any atom is -0.493 e. The Kier molecular flexibility index (Phi) is 17.5. The topological polar surface area (TPSA) is 187 Å². The molecule has 1 fully saturated rings. The summed E-state index contributed by atoms with van der Waals surface area (Å²) in [5, 5.41) is 17.6. The Balaban J connectivity index is 0.772. The number of hydrogen-bond donors (Lipinski definition) is 3. The molecule has 16 nitrogen and oxygen atoms in total. The summed E-state index contributed by atoms with van der Waals surface area (Å²) < 4.78 is 43.3. The number of aliphatic hydroxyl groups is 1. The molecule has 1 saturated heterocycles. The molecule has 0 bridgehead atoms. The van der Waals surface area contributed by atoms with Crippen molar-refractivity contribution in [3.63, 3.8) is 0 Å². The third-order valence-corrected chi connectivity index (χ3v) is 13.9. The number of amides is 3. The number of nitrogens with one attached hydrogen (secondary N) is 2. The second-order valence-electron chi connectivity index (χ2n) is 18.0. The molecule has 19 heteroatoms. The van der Waals surface area contributed by atoms with Gasteiger partial charge in [0.15, 0.2) is 11.5 Å². The highest BCUT2D eigenvalue weighted by atomic mass is 35.5. The van der Waals surface area contributed by atoms with Crippen LogP contribution in [0, 0.1) is 18.7 Å². The minimum absolute atomic E-state index is 0.00208. The van der Waals surface area contributed by atoms with Crippen molar-refractivity contribution in [3.05, 3.63) is 118 Å². The average Bonchev–Trinajstić information content (AvgIpc) is 4.09. The van der Waals surface area contributed by atoms with Crippen molar-refractivity contribution in [3.8, 4) is 27.7 Å². The van der Waals surface area contributed by atoms with Crippen LogP contribution in [0.5, 0.6) is 17.2 Å². The Morgan fingerprint density at radius 2 is 1.68 bits per heavy atom. The summed E-state index contributed by atoms with van der Waals surface area (Å²) in [5.41, 5.74) is 7.06. The number of rotatable bonds is 24. The van der Waals surface area contributed by atoms with Crippen LogP contribution in [0.1, 0.15) is 66.7 Å². The number of aromatic nitrogens is 3. The normalized spacial score (nSPS) is 15.8. The third-order valence-electron chi connectivity index (χ3n) is 12.6. The molecule has 0 saturated carbocycles. The van der Waals surface area contributed by atoms with Crippen LogP contribution in [0.2, 0.25) is 5.02 Å². The molecule has 72 heavy (non-hydrogen) atoms. The molecule has 4 aromatic carbocycles. The SMILES string of the molecule is COc1cc2ncnc(Nc3ccc(F)c(Cl)c3)c2cc1OCCOCCOCCCCCOc1cc(-c2scnc2C)ccc1CNC(=O)[C@@H]1C[C@@H](O)CN1C(=O)[C@H](C(C)C)N1Cc2ccccc2C1=O. The highest BCUT2D eigenvalue weighted by molar-refractivity contribution is 7.13. The van der Waals surface area contributed by atoms with Gasteiger partial charge < -0.3 is 49.2 Å². The molecule has 0 unspecified atom stereocenters. The van der Waals surface area contributed by atoms with Gasteiger partial charge >= 0.3 is 0 Å². The first-order valence-electron chi connectivity index (χ1n) is 24.0. The highest BCUT2D eigenvalue weighted by Gasteiger charge is 2.46. The summed E-state index contributed by atoms with van der Waals surface area (Å²) >= 11 is 7.52. The van der Waals surface area contributed by atoms with Gasteiger partial charge in [0, 0.05) is 60.9 Å². The number of ether oxygens (including phenoxy) is 5. The Morgan fingerprint density at radius 3 is 2.44 bits per heavy atom. The van der Waals surface area contributed by atoms with Gasteiger partial charge in [0.2, 0.25) is 11.8 Å². The van der Waals surface area contributed by atoms with Gasteiger partial charge in [-0.05, 0) is 79.6 Å². The number of methoxy groups -OCH3 is 1. The van der Waals surface area contributed by atoms with E-state index in [1.165, 1.54) is 23.4 Å². The zero-order valence-corrected chi connectivity index (χ0v) is 42.3. The lowest BCUT2D eigenvalue weighted by Crippen LogP contribution is -2.55. The van der Waals surface area contributed by atoms with Crippen LogP contribution in [0.15, 0.2) is 84.6 Å². The highest BCUT2D eigenvalue weighted by Crippen LogP contribution is 2.36. The van der Waals surface area contributed by atoms with Crippen LogP contribution in [0.3, 0.4) is 0 Å². The van der Waals surface area contributed by atoms with Gasteiger partial charge in [0.1, 0.15) is 42.4 Å². The maximum Gasteiger partial charge on any atom is 0.255 e. The maximum atomic E-state index is 14.3. The quantitative estimate of drug-likeness (QED) is 0.0491. The van der Waals surface area contributed by atoms with Crippen LogP contribution in [0.25, 0.3) is 21.3 Å². The zero-order chi connectivity index (χ0) is 50.7. The summed E-state index contributed by atoms with van der Waals surface area (Å²) in [5.74, 6) is 0.413. The third kappa shape index (κ3) is 12.4. The number of aryl methyl sites for hydroxylation is 1. The van der Waals surface area contributed by atoms with Gasteiger partial charge in [-0.2, -0.15) is 0 Å². The molecular weight excluding hydrogens is 965 g/mol. The molecule has 2 aliphatic rings. The number of β-amino-alcohol motifs (C(OH)–C–C–N with tert-alkyl or cyclic N) is 1. The first-order valence-corrected chi connectivity index (χ1v) is 25.3. The van der Waals surface area contributed by atoms with E-state index in [0.29, 0.717) is 84.8 Å². The van der Waals surface area contributed by atoms with Crippen LogP contribution in [0.4, 0.5) is 15.9 Å². The van der Waals surface area contributed by atoms with Crippen LogP contribution in [-0.4, -0.2) is 119 Å². The number of fused-ring (bicyclic) bond motifs is 2. The van der Waals surface area contributed by atoms with E-state index >= 15 is 0 Å².